The van der Waals surface area contributed by atoms with E-state index in [-0.39, 0.29) is 6.67 Å². The summed E-state index contributed by atoms with van der Waals surface area (Å²) in [6.45, 7) is 11.1. The van der Waals surface area contributed by atoms with Crippen molar-refractivity contribution >= 4 is 5.82 Å². The Balaban J connectivity index is 1.28. The Kier molecular flexibility index (Phi) is 5.97. The summed E-state index contributed by atoms with van der Waals surface area (Å²) in [4.78, 5) is 14.3. The van der Waals surface area contributed by atoms with Crippen molar-refractivity contribution in [1.29, 1.82) is 0 Å². The molecule has 0 amide bonds. The zero-order valence-electron chi connectivity index (χ0n) is 19.7. The Labute approximate surface area is 191 Å². The number of nitrogen functional groups attached to an aromatic ring is 1. The van der Waals surface area contributed by atoms with E-state index in [2.05, 4.69) is 45.5 Å². The summed E-state index contributed by atoms with van der Waals surface area (Å²) in [7, 11) is 0. The minimum Gasteiger partial charge on any atom is -0.383 e. The van der Waals surface area contributed by atoms with Crippen molar-refractivity contribution < 1.29 is 4.39 Å². The number of pyridine rings is 1. The van der Waals surface area contributed by atoms with Gasteiger partial charge in [0, 0.05) is 69.2 Å². The van der Waals surface area contributed by atoms with Gasteiger partial charge in [0.2, 0.25) is 0 Å². The maximum Gasteiger partial charge on any atom is 0.126 e. The fourth-order valence-electron chi connectivity index (χ4n) is 6.03. The van der Waals surface area contributed by atoms with Crippen LogP contribution in [0.25, 0.3) is 11.3 Å². The summed E-state index contributed by atoms with van der Waals surface area (Å²) >= 11 is 0. The van der Waals surface area contributed by atoms with Crippen LogP contribution in [-0.2, 0) is 6.42 Å². The van der Waals surface area contributed by atoms with Crippen LogP contribution in [0.5, 0.6) is 0 Å². The fourth-order valence-corrected chi connectivity index (χ4v) is 6.03. The molecule has 3 aliphatic rings. The Morgan fingerprint density at radius 2 is 1.88 bits per heavy atom. The van der Waals surface area contributed by atoms with Crippen LogP contribution in [0.3, 0.4) is 0 Å². The predicted octanol–water partition coefficient (Wildman–Crippen LogP) is 3.57. The second-order valence-corrected chi connectivity index (χ2v) is 10.5. The van der Waals surface area contributed by atoms with Crippen LogP contribution >= 0.6 is 0 Å². The van der Waals surface area contributed by atoms with Crippen molar-refractivity contribution in [3.8, 4) is 11.3 Å². The molecular weight excluding hydrogens is 403 g/mol. The quantitative estimate of drug-likeness (QED) is 0.713. The molecule has 32 heavy (non-hydrogen) atoms. The monoisotopic (exact) mass is 440 g/mol. The molecule has 2 unspecified atom stereocenters. The van der Waals surface area contributed by atoms with Crippen LogP contribution in [0.15, 0.2) is 18.5 Å². The van der Waals surface area contributed by atoms with Crippen LogP contribution < -0.4 is 5.73 Å². The Hall–Kier alpha value is -1.99. The zero-order chi connectivity index (χ0) is 22.4. The van der Waals surface area contributed by atoms with Crippen molar-refractivity contribution in [2.45, 2.75) is 52.1 Å². The minimum absolute atomic E-state index is 0.229. The van der Waals surface area contributed by atoms with Gasteiger partial charge in [-0.1, -0.05) is 13.8 Å². The van der Waals surface area contributed by atoms with Crippen molar-refractivity contribution in [2.24, 2.45) is 17.8 Å². The molecule has 6 nitrogen and oxygen atoms in total. The first kappa shape index (κ1) is 21.8. The largest absolute Gasteiger partial charge is 0.383 e. The summed E-state index contributed by atoms with van der Waals surface area (Å²) in [6.07, 6.45) is 7.68. The second-order valence-electron chi connectivity index (χ2n) is 10.5. The lowest BCUT2D eigenvalue weighted by molar-refractivity contribution is 0.0873. The maximum absolute atomic E-state index is 12.6. The van der Waals surface area contributed by atoms with Gasteiger partial charge in [-0.25, -0.2) is 14.4 Å². The molecule has 174 valence electrons. The average Bonchev–Trinajstić information content (AvgIpc) is 3.10. The van der Waals surface area contributed by atoms with E-state index in [4.69, 9.17) is 10.7 Å². The molecule has 2 N–H and O–H groups in total. The van der Waals surface area contributed by atoms with E-state index in [0.717, 1.165) is 61.3 Å². The number of nitrogens with zero attached hydrogens (tertiary/aromatic N) is 5. The summed E-state index contributed by atoms with van der Waals surface area (Å²) in [5, 5.41) is 0. The zero-order valence-corrected chi connectivity index (χ0v) is 19.7. The third kappa shape index (κ3) is 4.17. The van der Waals surface area contributed by atoms with Gasteiger partial charge in [0.05, 0.1) is 5.69 Å². The van der Waals surface area contributed by atoms with Crippen LogP contribution in [0.4, 0.5) is 10.2 Å². The third-order valence-corrected chi connectivity index (χ3v) is 7.83. The van der Waals surface area contributed by atoms with Gasteiger partial charge in [-0.15, -0.1) is 0 Å². The van der Waals surface area contributed by atoms with Crippen LogP contribution in [-0.4, -0.2) is 69.8 Å². The maximum atomic E-state index is 12.6. The molecule has 1 aliphatic heterocycles. The number of hydrogen-bond donors (Lipinski definition) is 1. The highest BCUT2D eigenvalue weighted by atomic mass is 19.1. The van der Waals surface area contributed by atoms with Gasteiger partial charge in [0.15, 0.2) is 0 Å². The molecule has 2 aromatic rings. The van der Waals surface area contributed by atoms with Gasteiger partial charge in [-0.2, -0.15) is 0 Å². The van der Waals surface area contributed by atoms with E-state index >= 15 is 0 Å². The molecule has 2 saturated carbocycles. The number of rotatable bonds is 7. The van der Waals surface area contributed by atoms with Crippen LogP contribution in [0.1, 0.15) is 44.1 Å². The van der Waals surface area contributed by atoms with E-state index in [1.54, 1.807) is 0 Å². The van der Waals surface area contributed by atoms with Gasteiger partial charge >= 0.3 is 0 Å². The highest BCUT2D eigenvalue weighted by molar-refractivity contribution is 5.61. The molecule has 2 aromatic heterocycles. The van der Waals surface area contributed by atoms with Gasteiger partial charge < -0.3 is 10.3 Å². The van der Waals surface area contributed by atoms with Gasteiger partial charge in [0.1, 0.15) is 18.3 Å². The molecule has 0 radical (unpaired) electrons. The fraction of sp³-hybridized carbons (Fsp3) is 0.680. The number of aromatic nitrogens is 3. The lowest BCUT2D eigenvalue weighted by atomic mass is 10.1. The summed E-state index contributed by atoms with van der Waals surface area (Å²) < 4.78 is 15.1. The van der Waals surface area contributed by atoms with Gasteiger partial charge in [0.25, 0.3) is 0 Å². The number of aryl methyl sites for hydroxylation is 1. The first-order valence-corrected chi connectivity index (χ1v) is 12.3. The standard InChI is InChI=1S/C25H37FN6/c1-16(2)10-23-29-22(18-11-17(3)25(27)28-14-18)15-32(23)24-20-12-19(13-21(20)24)31-8-6-30(5-4-26)7-9-31/h11,14-16,19-21,24H,4-10,12-13H2,1-3H3,(H2,27,28)/t19?,20-,21+,24?. The highest BCUT2D eigenvalue weighted by Crippen LogP contribution is 2.62. The summed E-state index contributed by atoms with van der Waals surface area (Å²) in [5.74, 6) is 3.90. The minimum atomic E-state index is -0.229. The Bertz CT molecular complexity index is 936. The van der Waals surface area contributed by atoms with E-state index < -0.39 is 0 Å². The number of hydrogen-bond acceptors (Lipinski definition) is 5. The van der Waals surface area contributed by atoms with Crippen LogP contribution in [0, 0.1) is 24.7 Å². The molecule has 4 atom stereocenters. The van der Waals surface area contributed by atoms with Crippen LogP contribution in [0.2, 0.25) is 0 Å². The second kappa shape index (κ2) is 8.75. The first-order chi connectivity index (χ1) is 15.4. The Morgan fingerprint density at radius 1 is 1.16 bits per heavy atom. The molecule has 0 spiro atoms. The van der Waals surface area contributed by atoms with E-state index in [1.807, 2.05) is 13.1 Å². The van der Waals surface area contributed by atoms with Crippen molar-refractivity contribution in [3.63, 3.8) is 0 Å². The van der Waals surface area contributed by atoms with Crippen molar-refractivity contribution in [3.05, 3.63) is 29.8 Å². The van der Waals surface area contributed by atoms with Crippen molar-refractivity contribution in [1.82, 2.24) is 24.3 Å². The molecule has 5 rings (SSSR count). The van der Waals surface area contributed by atoms with E-state index in [9.17, 15) is 4.39 Å². The molecule has 3 fully saturated rings. The van der Waals surface area contributed by atoms with E-state index in [1.165, 1.54) is 18.7 Å². The molecule has 2 aliphatic carbocycles. The number of halogens is 1. The lowest BCUT2D eigenvalue weighted by Gasteiger charge is -2.38. The first-order valence-electron chi connectivity index (χ1n) is 12.3. The number of fused-ring (bicyclic) bond motifs is 1. The molecular formula is C25H37FN6. The molecule has 3 heterocycles. The molecule has 0 aromatic carbocycles. The predicted molar refractivity (Wildman–Crippen MR) is 126 cm³/mol. The van der Waals surface area contributed by atoms with Crippen molar-refractivity contribution in [2.75, 3.05) is 45.1 Å². The SMILES string of the molecule is Cc1cc(-c2cn(C3[C@H]4CC(N5CCN(CCF)CC5)C[C@@H]34)c(CC(C)C)n2)cnc1N. The average molecular weight is 441 g/mol. The summed E-state index contributed by atoms with van der Waals surface area (Å²) in [6, 6.07) is 3.40. The molecule has 7 heteroatoms. The number of nitrogens with two attached hydrogens (primary N) is 1. The van der Waals surface area contributed by atoms with Gasteiger partial charge in [-0.3, -0.25) is 9.80 Å². The smallest absolute Gasteiger partial charge is 0.126 e. The topological polar surface area (TPSA) is 63.2 Å². The van der Waals surface area contributed by atoms with Gasteiger partial charge in [-0.05, 0) is 49.1 Å². The molecule has 0 bridgehead atoms. The lowest BCUT2D eigenvalue weighted by Crippen LogP contribution is -2.50. The molecule has 1 saturated heterocycles. The number of alkyl halides is 1. The highest BCUT2D eigenvalue weighted by Gasteiger charge is 2.58. The summed E-state index contributed by atoms with van der Waals surface area (Å²) in [5.41, 5.74) is 8.99. The Morgan fingerprint density at radius 3 is 2.50 bits per heavy atom. The normalized spacial score (nSPS) is 28.4. The third-order valence-electron chi connectivity index (χ3n) is 7.83. The number of imidazole rings is 1. The number of piperazine rings is 1. The van der Waals surface area contributed by atoms with E-state index in [0.29, 0.717) is 30.4 Å². The number of anilines is 1.